The van der Waals surface area contributed by atoms with Crippen molar-refractivity contribution < 1.29 is 19.4 Å². The minimum atomic E-state index is 0.0617. The first-order valence-corrected chi connectivity index (χ1v) is 9.97. The largest absolute Gasteiger partial charge is 0.508 e. The quantitative estimate of drug-likeness (QED) is 0.663. The zero-order valence-corrected chi connectivity index (χ0v) is 16.5. The Labute approximate surface area is 166 Å². The van der Waals surface area contributed by atoms with Gasteiger partial charge in [-0.15, -0.1) is 0 Å². The molecule has 1 atom stereocenters. The number of phenolic OH excluding ortho intramolecular Hbond substituents is 1. The van der Waals surface area contributed by atoms with Crippen LogP contribution in [0.5, 0.6) is 11.5 Å². The molecule has 5 nitrogen and oxygen atoms in total. The van der Waals surface area contributed by atoms with Crippen LogP contribution < -0.4 is 4.74 Å². The number of phenols is 1. The van der Waals surface area contributed by atoms with Crippen molar-refractivity contribution >= 4 is 5.91 Å². The number of ether oxygens (including phenoxy) is 2. The summed E-state index contributed by atoms with van der Waals surface area (Å²) in [4.78, 5) is 14.6. The molecule has 1 saturated heterocycles. The number of para-hydroxylation sites is 1. The molecule has 1 N–H and O–H groups in total. The van der Waals surface area contributed by atoms with E-state index in [4.69, 9.17) is 9.47 Å². The molecule has 2 aromatic rings. The first-order valence-electron chi connectivity index (χ1n) is 9.97. The average molecular weight is 383 g/mol. The van der Waals surface area contributed by atoms with Gasteiger partial charge in [-0.25, -0.2) is 0 Å². The molecule has 0 bridgehead atoms. The Morgan fingerprint density at radius 3 is 2.86 bits per heavy atom. The standard InChI is InChI=1S/C23H29NO4/c1-18-7-4-9-20(15-18)27-14-6-12-23(26)24(17-21-10-5-13-28-21)16-19-8-2-3-11-22(19)25/h2-4,7-9,11,15,21,25H,5-6,10,12-14,16-17H2,1H3. The van der Waals surface area contributed by atoms with Crippen molar-refractivity contribution in [3.05, 3.63) is 59.7 Å². The van der Waals surface area contributed by atoms with Gasteiger partial charge in [0.25, 0.3) is 0 Å². The second-order valence-corrected chi connectivity index (χ2v) is 7.31. The van der Waals surface area contributed by atoms with E-state index in [0.29, 0.717) is 32.5 Å². The Bertz CT molecular complexity index is 771. The van der Waals surface area contributed by atoms with E-state index < -0.39 is 0 Å². The predicted octanol–water partition coefficient (Wildman–Crippen LogP) is 4.07. The number of carbonyl (C=O) groups excluding carboxylic acids is 1. The summed E-state index contributed by atoms with van der Waals surface area (Å²) in [7, 11) is 0. The van der Waals surface area contributed by atoms with E-state index in [1.165, 1.54) is 0 Å². The molecule has 0 aliphatic carbocycles. The molecule has 2 aromatic carbocycles. The number of hydrogen-bond acceptors (Lipinski definition) is 4. The number of benzene rings is 2. The van der Waals surface area contributed by atoms with E-state index in [0.717, 1.165) is 36.3 Å². The molecule has 3 rings (SSSR count). The highest BCUT2D eigenvalue weighted by atomic mass is 16.5. The van der Waals surface area contributed by atoms with E-state index >= 15 is 0 Å². The van der Waals surface area contributed by atoms with Crippen LogP contribution >= 0.6 is 0 Å². The van der Waals surface area contributed by atoms with Crippen LogP contribution in [0.1, 0.15) is 36.8 Å². The fraction of sp³-hybridized carbons (Fsp3) is 0.435. The van der Waals surface area contributed by atoms with Gasteiger partial charge in [-0.2, -0.15) is 0 Å². The molecule has 0 spiro atoms. The Balaban J connectivity index is 1.54. The van der Waals surface area contributed by atoms with Crippen LogP contribution in [0.3, 0.4) is 0 Å². The van der Waals surface area contributed by atoms with Crippen LogP contribution in [-0.2, 0) is 16.1 Å². The SMILES string of the molecule is Cc1cccc(OCCCC(=O)N(Cc2ccccc2O)CC2CCCO2)c1. The van der Waals surface area contributed by atoms with Crippen molar-refractivity contribution in [2.75, 3.05) is 19.8 Å². The lowest BCUT2D eigenvalue weighted by atomic mass is 10.1. The summed E-state index contributed by atoms with van der Waals surface area (Å²) in [5.74, 6) is 1.11. The molecular weight excluding hydrogens is 354 g/mol. The maximum Gasteiger partial charge on any atom is 0.223 e. The zero-order chi connectivity index (χ0) is 19.8. The third-order valence-electron chi connectivity index (χ3n) is 4.95. The highest BCUT2D eigenvalue weighted by Crippen LogP contribution is 2.21. The van der Waals surface area contributed by atoms with Crippen LogP contribution in [0.2, 0.25) is 0 Å². The molecule has 5 heteroatoms. The lowest BCUT2D eigenvalue weighted by Crippen LogP contribution is -2.37. The number of aromatic hydroxyl groups is 1. The Hall–Kier alpha value is -2.53. The normalized spacial score (nSPS) is 16.1. The molecule has 0 saturated carbocycles. The van der Waals surface area contributed by atoms with Crippen molar-refractivity contribution in [3.8, 4) is 11.5 Å². The highest BCUT2D eigenvalue weighted by Gasteiger charge is 2.23. The van der Waals surface area contributed by atoms with Gasteiger partial charge in [0.1, 0.15) is 11.5 Å². The van der Waals surface area contributed by atoms with Gasteiger partial charge in [0.2, 0.25) is 5.91 Å². The van der Waals surface area contributed by atoms with Gasteiger partial charge in [-0.3, -0.25) is 4.79 Å². The summed E-state index contributed by atoms with van der Waals surface area (Å²) in [6, 6.07) is 15.1. The second kappa shape index (κ2) is 10.1. The van der Waals surface area contributed by atoms with Gasteiger partial charge in [0.05, 0.1) is 12.7 Å². The third kappa shape index (κ3) is 5.99. The molecule has 1 aliphatic rings. The molecule has 150 valence electrons. The van der Waals surface area contributed by atoms with Gasteiger partial charge < -0.3 is 19.5 Å². The minimum absolute atomic E-state index is 0.0617. The number of nitrogens with zero attached hydrogens (tertiary/aromatic N) is 1. The van der Waals surface area contributed by atoms with Gasteiger partial charge in [0.15, 0.2) is 0 Å². The molecule has 0 radical (unpaired) electrons. The van der Waals surface area contributed by atoms with Crippen LogP contribution in [0, 0.1) is 6.92 Å². The number of amides is 1. The fourth-order valence-electron chi connectivity index (χ4n) is 3.42. The number of rotatable bonds is 9. The average Bonchev–Trinajstić information content (AvgIpc) is 3.19. The van der Waals surface area contributed by atoms with Gasteiger partial charge >= 0.3 is 0 Å². The van der Waals surface area contributed by atoms with E-state index in [1.807, 2.05) is 43.3 Å². The fourth-order valence-corrected chi connectivity index (χ4v) is 3.42. The van der Waals surface area contributed by atoms with Crippen LogP contribution in [0.15, 0.2) is 48.5 Å². The summed E-state index contributed by atoms with van der Waals surface area (Å²) < 4.78 is 11.5. The zero-order valence-electron chi connectivity index (χ0n) is 16.5. The van der Waals surface area contributed by atoms with Crippen molar-refractivity contribution in [2.45, 2.75) is 45.3 Å². The number of carbonyl (C=O) groups is 1. The third-order valence-corrected chi connectivity index (χ3v) is 4.95. The van der Waals surface area contributed by atoms with Crippen molar-refractivity contribution in [3.63, 3.8) is 0 Å². The summed E-state index contributed by atoms with van der Waals surface area (Å²) in [5.41, 5.74) is 1.91. The minimum Gasteiger partial charge on any atom is -0.508 e. The van der Waals surface area contributed by atoms with Gasteiger partial charge in [-0.05, 0) is 49.9 Å². The highest BCUT2D eigenvalue weighted by molar-refractivity contribution is 5.76. The lowest BCUT2D eigenvalue weighted by Gasteiger charge is -2.26. The van der Waals surface area contributed by atoms with E-state index in [-0.39, 0.29) is 17.8 Å². The molecular formula is C23H29NO4. The first kappa shape index (κ1) is 20.2. The summed E-state index contributed by atoms with van der Waals surface area (Å²) in [5, 5.41) is 10.1. The van der Waals surface area contributed by atoms with Gasteiger partial charge in [0, 0.05) is 31.7 Å². The van der Waals surface area contributed by atoms with Gasteiger partial charge in [-0.1, -0.05) is 30.3 Å². The van der Waals surface area contributed by atoms with E-state index in [2.05, 4.69) is 0 Å². The molecule has 1 heterocycles. The summed E-state index contributed by atoms with van der Waals surface area (Å²) >= 11 is 0. The summed E-state index contributed by atoms with van der Waals surface area (Å²) in [6.45, 7) is 4.24. The molecule has 28 heavy (non-hydrogen) atoms. The van der Waals surface area contributed by atoms with Crippen LogP contribution in [0.4, 0.5) is 0 Å². The van der Waals surface area contributed by atoms with E-state index in [9.17, 15) is 9.90 Å². The Morgan fingerprint density at radius 2 is 2.11 bits per heavy atom. The van der Waals surface area contributed by atoms with Crippen molar-refractivity contribution in [2.24, 2.45) is 0 Å². The lowest BCUT2D eigenvalue weighted by molar-refractivity contribution is -0.133. The molecule has 1 aliphatic heterocycles. The number of hydrogen-bond donors (Lipinski definition) is 1. The monoisotopic (exact) mass is 383 g/mol. The van der Waals surface area contributed by atoms with E-state index in [1.54, 1.807) is 17.0 Å². The van der Waals surface area contributed by atoms with Crippen LogP contribution in [0.25, 0.3) is 0 Å². The maximum atomic E-state index is 12.8. The molecule has 1 amide bonds. The van der Waals surface area contributed by atoms with Crippen molar-refractivity contribution in [1.29, 1.82) is 0 Å². The predicted molar refractivity (Wildman–Crippen MR) is 108 cm³/mol. The molecule has 0 aromatic heterocycles. The summed E-state index contributed by atoms with van der Waals surface area (Å²) in [6.07, 6.45) is 3.15. The topological polar surface area (TPSA) is 59.0 Å². The van der Waals surface area contributed by atoms with Crippen LogP contribution in [-0.4, -0.2) is 41.8 Å². The first-order chi connectivity index (χ1) is 13.6. The smallest absolute Gasteiger partial charge is 0.223 e. The maximum absolute atomic E-state index is 12.8. The molecule has 1 unspecified atom stereocenters. The second-order valence-electron chi connectivity index (χ2n) is 7.31. The number of aryl methyl sites for hydroxylation is 1. The van der Waals surface area contributed by atoms with Crippen molar-refractivity contribution in [1.82, 2.24) is 4.90 Å². The Kier molecular flexibility index (Phi) is 7.31. The Morgan fingerprint density at radius 1 is 1.25 bits per heavy atom. The molecule has 1 fully saturated rings.